The molecule has 2 heterocycles. The molecule has 0 saturated carbocycles. The summed E-state index contributed by atoms with van der Waals surface area (Å²) in [6.07, 6.45) is 3.61. The fraction of sp³-hybridized carbons (Fsp3) is 0.667. The minimum Gasteiger partial charge on any atom is -0.476 e. The molecule has 0 aliphatic carbocycles. The van der Waals surface area contributed by atoms with Gasteiger partial charge in [0.15, 0.2) is 15.7 Å². The van der Waals surface area contributed by atoms with Gasteiger partial charge in [-0.2, -0.15) is 4.98 Å². The van der Waals surface area contributed by atoms with Gasteiger partial charge >= 0.3 is 0 Å². The lowest BCUT2D eigenvalue weighted by molar-refractivity contribution is 0.306. The normalized spacial score (nSPS) is 20.8. The lowest BCUT2D eigenvalue weighted by Gasteiger charge is -2.14. The summed E-state index contributed by atoms with van der Waals surface area (Å²) in [7, 11) is -2.97. The lowest BCUT2D eigenvalue weighted by Crippen LogP contribution is -2.25. The SMILES string of the molecule is CCCOc1ncnc(NCC2CCCS2(=O)=O)c1N. The van der Waals surface area contributed by atoms with Crippen LogP contribution in [0.25, 0.3) is 0 Å². The van der Waals surface area contributed by atoms with E-state index in [1.54, 1.807) is 0 Å². The Labute approximate surface area is 118 Å². The maximum absolute atomic E-state index is 11.7. The maximum Gasteiger partial charge on any atom is 0.242 e. The van der Waals surface area contributed by atoms with Crippen molar-refractivity contribution in [1.29, 1.82) is 0 Å². The summed E-state index contributed by atoms with van der Waals surface area (Å²) in [6.45, 7) is 2.83. The van der Waals surface area contributed by atoms with E-state index in [1.807, 2.05) is 6.92 Å². The van der Waals surface area contributed by atoms with Crippen molar-refractivity contribution < 1.29 is 13.2 Å². The largest absolute Gasteiger partial charge is 0.476 e. The van der Waals surface area contributed by atoms with Gasteiger partial charge in [0.25, 0.3) is 0 Å². The predicted octanol–water partition coefficient (Wildman–Crippen LogP) is 0.837. The van der Waals surface area contributed by atoms with E-state index >= 15 is 0 Å². The Bertz CT molecular complexity index is 562. The first-order valence-corrected chi connectivity index (χ1v) is 8.45. The molecule has 1 fully saturated rings. The van der Waals surface area contributed by atoms with Crippen LogP contribution in [0.5, 0.6) is 5.88 Å². The topological polar surface area (TPSA) is 107 Å². The van der Waals surface area contributed by atoms with E-state index in [1.165, 1.54) is 6.33 Å². The second kappa shape index (κ2) is 6.25. The Morgan fingerprint density at radius 1 is 1.50 bits per heavy atom. The van der Waals surface area contributed by atoms with Crippen molar-refractivity contribution in [2.75, 3.05) is 30.0 Å². The molecule has 1 aliphatic heterocycles. The molecule has 3 N–H and O–H groups in total. The first-order chi connectivity index (χ1) is 9.54. The summed E-state index contributed by atoms with van der Waals surface area (Å²) in [5.41, 5.74) is 6.23. The van der Waals surface area contributed by atoms with Gasteiger partial charge in [0.1, 0.15) is 12.0 Å². The van der Waals surface area contributed by atoms with Gasteiger partial charge in [0, 0.05) is 6.54 Å². The van der Waals surface area contributed by atoms with Crippen molar-refractivity contribution in [3.63, 3.8) is 0 Å². The average molecular weight is 300 g/mol. The van der Waals surface area contributed by atoms with Gasteiger partial charge in [0.05, 0.1) is 17.6 Å². The molecule has 1 unspecified atom stereocenters. The van der Waals surface area contributed by atoms with E-state index in [9.17, 15) is 8.42 Å². The van der Waals surface area contributed by atoms with Crippen LogP contribution in [0.4, 0.5) is 11.5 Å². The van der Waals surface area contributed by atoms with E-state index in [-0.39, 0.29) is 11.0 Å². The standard InChI is InChI=1S/C12H20N4O3S/c1-2-5-19-12-10(13)11(15-8-16-12)14-7-9-4-3-6-20(9,17)18/h8-9H,2-7,13H2,1H3,(H,14,15,16). The van der Waals surface area contributed by atoms with E-state index in [4.69, 9.17) is 10.5 Å². The second-order valence-electron chi connectivity index (χ2n) is 4.80. The molecule has 1 aromatic heterocycles. The van der Waals surface area contributed by atoms with Crippen molar-refractivity contribution in [3.05, 3.63) is 6.33 Å². The zero-order valence-corrected chi connectivity index (χ0v) is 12.3. The summed E-state index contributed by atoms with van der Waals surface area (Å²) in [6, 6.07) is 0. The molecule has 0 spiro atoms. The minimum absolute atomic E-state index is 0.267. The monoisotopic (exact) mass is 300 g/mol. The van der Waals surface area contributed by atoms with Gasteiger partial charge in [-0.1, -0.05) is 6.92 Å². The smallest absolute Gasteiger partial charge is 0.242 e. The van der Waals surface area contributed by atoms with Crippen molar-refractivity contribution in [2.45, 2.75) is 31.4 Å². The zero-order chi connectivity index (χ0) is 14.6. The number of aromatic nitrogens is 2. The number of nitrogens with zero attached hydrogens (tertiary/aromatic N) is 2. The molecule has 0 radical (unpaired) electrons. The third kappa shape index (κ3) is 3.30. The number of ether oxygens (including phenoxy) is 1. The number of nitrogen functional groups attached to an aromatic ring is 1. The van der Waals surface area contributed by atoms with Crippen molar-refractivity contribution in [3.8, 4) is 5.88 Å². The van der Waals surface area contributed by atoms with Gasteiger partial charge in [0.2, 0.25) is 5.88 Å². The lowest BCUT2D eigenvalue weighted by atomic mass is 10.2. The highest BCUT2D eigenvalue weighted by molar-refractivity contribution is 7.92. The molecular weight excluding hydrogens is 280 g/mol. The third-order valence-corrected chi connectivity index (χ3v) is 5.53. The van der Waals surface area contributed by atoms with Crippen molar-refractivity contribution >= 4 is 21.3 Å². The van der Waals surface area contributed by atoms with Crippen molar-refractivity contribution in [2.24, 2.45) is 0 Å². The molecule has 2 rings (SSSR count). The van der Waals surface area contributed by atoms with Crippen LogP contribution in [0.2, 0.25) is 0 Å². The Morgan fingerprint density at radius 2 is 2.30 bits per heavy atom. The Morgan fingerprint density at radius 3 is 2.95 bits per heavy atom. The summed E-state index contributed by atoms with van der Waals surface area (Å²) >= 11 is 0. The first kappa shape index (κ1) is 14.8. The molecule has 0 amide bonds. The maximum atomic E-state index is 11.7. The van der Waals surface area contributed by atoms with Crippen LogP contribution in [0.15, 0.2) is 6.33 Å². The molecule has 112 valence electrons. The second-order valence-corrected chi connectivity index (χ2v) is 7.20. The van der Waals surface area contributed by atoms with Crippen LogP contribution in [0, 0.1) is 0 Å². The molecule has 1 saturated heterocycles. The Balaban J connectivity index is 2.03. The quantitative estimate of drug-likeness (QED) is 0.801. The highest BCUT2D eigenvalue weighted by atomic mass is 32.2. The summed E-state index contributed by atoms with van der Waals surface area (Å²) in [4.78, 5) is 8.00. The number of rotatable bonds is 6. The average Bonchev–Trinajstić information content (AvgIpc) is 2.75. The van der Waals surface area contributed by atoms with E-state index < -0.39 is 9.84 Å². The van der Waals surface area contributed by atoms with Crippen molar-refractivity contribution in [1.82, 2.24) is 9.97 Å². The molecule has 0 bridgehead atoms. The van der Waals surface area contributed by atoms with Crippen LogP contribution in [0.1, 0.15) is 26.2 Å². The molecule has 0 aromatic carbocycles. The van der Waals surface area contributed by atoms with Gasteiger partial charge in [-0.25, -0.2) is 13.4 Å². The zero-order valence-electron chi connectivity index (χ0n) is 11.5. The first-order valence-electron chi connectivity index (χ1n) is 6.73. The van der Waals surface area contributed by atoms with Gasteiger partial charge in [-0.05, 0) is 19.3 Å². The Kier molecular flexibility index (Phi) is 4.64. The van der Waals surface area contributed by atoms with Gasteiger partial charge in [-0.3, -0.25) is 0 Å². The molecule has 8 heteroatoms. The molecular formula is C12H20N4O3S. The van der Waals surface area contributed by atoms with Crippen LogP contribution in [-0.2, 0) is 9.84 Å². The van der Waals surface area contributed by atoms with E-state index in [0.29, 0.717) is 37.0 Å². The molecule has 1 atom stereocenters. The molecule has 7 nitrogen and oxygen atoms in total. The third-order valence-electron chi connectivity index (χ3n) is 3.25. The molecule has 20 heavy (non-hydrogen) atoms. The fourth-order valence-electron chi connectivity index (χ4n) is 2.13. The fourth-order valence-corrected chi connectivity index (χ4v) is 3.90. The van der Waals surface area contributed by atoms with Gasteiger partial charge in [-0.15, -0.1) is 0 Å². The Hall–Kier alpha value is -1.57. The number of anilines is 2. The summed E-state index contributed by atoms with van der Waals surface area (Å²) in [5.74, 6) is 1.02. The van der Waals surface area contributed by atoms with Gasteiger partial charge < -0.3 is 15.8 Å². The summed E-state index contributed by atoms with van der Waals surface area (Å²) < 4.78 is 28.9. The highest BCUT2D eigenvalue weighted by Crippen LogP contribution is 2.26. The van der Waals surface area contributed by atoms with Crippen LogP contribution in [0.3, 0.4) is 0 Å². The van der Waals surface area contributed by atoms with E-state index in [0.717, 1.165) is 12.8 Å². The number of hydrogen-bond donors (Lipinski definition) is 2. The molecule has 1 aliphatic rings. The van der Waals surface area contributed by atoms with Crippen LogP contribution < -0.4 is 15.8 Å². The van der Waals surface area contributed by atoms with Crippen LogP contribution in [-0.4, -0.2) is 42.5 Å². The number of nitrogens with one attached hydrogen (secondary N) is 1. The predicted molar refractivity (Wildman–Crippen MR) is 77.5 cm³/mol. The molecule has 1 aromatic rings. The van der Waals surface area contributed by atoms with E-state index in [2.05, 4.69) is 15.3 Å². The number of sulfone groups is 1. The number of nitrogens with two attached hydrogens (primary N) is 1. The minimum atomic E-state index is -2.97. The highest BCUT2D eigenvalue weighted by Gasteiger charge is 2.31. The van der Waals surface area contributed by atoms with Crippen LogP contribution >= 0.6 is 0 Å². The summed E-state index contributed by atoms with van der Waals surface area (Å²) in [5, 5.41) is 2.63. The number of hydrogen-bond acceptors (Lipinski definition) is 7.